The number of carbonyl (C=O) groups excluding carboxylic acids is 1. The van der Waals surface area contributed by atoms with Crippen molar-refractivity contribution in [1.29, 1.82) is 0 Å². The summed E-state index contributed by atoms with van der Waals surface area (Å²) >= 11 is 0. The number of unbranched alkanes of at least 4 members (excludes halogenated alkanes) is 1. The lowest BCUT2D eigenvalue weighted by Crippen LogP contribution is -2.27. The van der Waals surface area contributed by atoms with Crippen LogP contribution in [-0.4, -0.2) is 71.5 Å². The summed E-state index contributed by atoms with van der Waals surface area (Å²) in [5, 5.41) is 19.5. The van der Waals surface area contributed by atoms with E-state index in [1.54, 1.807) is 4.68 Å². The minimum Gasteiger partial charge on any atom is -0.481 e. The number of ether oxygens (including phenoxy) is 2. The van der Waals surface area contributed by atoms with Crippen molar-refractivity contribution in [3.63, 3.8) is 0 Å². The van der Waals surface area contributed by atoms with E-state index in [1.807, 2.05) is 6.20 Å². The monoisotopic (exact) mass is 385 g/mol. The number of aryl methyl sites for hydroxylation is 2. The van der Waals surface area contributed by atoms with Gasteiger partial charge in [-0.25, -0.2) is 0 Å². The fourth-order valence-corrected chi connectivity index (χ4v) is 2.30. The number of nitrogens with two attached hydrogens (primary N) is 1. The quantitative estimate of drug-likeness (QED) is 0.317. The minimum absolute atomic E-state index is 0.00549. The van der Waals surface area contributed by atoms with Gasteiger partial charge in [0.1, 0.15) is 0 Å². The van der Waals surface area contributed by atoms with Gasteiger partial charge in [-0.2, -0.15) is 0 Å². The van der Waals surface area contributed by atoms with Crippen LogP contribution in [0.4, 0.5) is 0 Å². The Morgan fingerprint density at radius 3 is 2.63 bits per heavy atom. The molecule has 0 fully saturated rings. The molecule has 1 rings (SSSR count). The van der Waals surface area contributed by atoms with Crippen LogP contribution in [0, 0.1) is 0 Å². The maximum Gasteiger partial charge on any atom is 0.303 e. The first-order valence-corrected chi connectivity index (χ1v) is 9.35. The molecule has 0 spiro atoms. The topological polar surface area (TPSA) is 142 Å². The standard InChI is InChI=1S/C17H31N5O5/c18-7-10-26-12-13-27-11-8-19-16(23)5-1-2-9-22-14-15(20-21-22)4-3-6-17(24)25/h14H,1-13,18H2,(H,19,23)(H,24,25). The number of rotatable bonds is 17. The smallest absolute Gasteiger partial charge is 0.303 e. The molecule has 0 bridgehead atoms. The zero-order valence-electron chi connectivity index (χ0n) is 15.8. The average molecular weight is 385 g/mol. The number of carboxylic acids is 1. The maximum absolute atomic E-state index is 11.7. The molecule has 27 heavy (non-hydrogen) atoms. The van der Waals surface area contributed by atoms with Crippen LogP contribution in [0.25, 0.3) is 0 Å². The zero-order chi connectivity index (χ0) is 19.7. The molecule has 154 valence electrons. The number of aliphatic carboxylic acids is 1. The van der Waals surface area contributed by atoms with Crippen LogP contribution in [0.2, 0.25) is 0 Å². The number of nitrogens with zero attached hydrogens (tertiary/aromatic N) is 3. The van der Waals surface area contributed by atoms with E-state index in [0.717, 1.165) is 18.5 Å². The number of hydrogen-bond acceptors (Lipinski definition) is 7. The normalized spacial score (nSPS) is 10.9. The molecule has 0 atom stereocenters. The Morgan fingerprint density at radius 2 is 1.89 bits per heavy atom. The number of aromatic nitrogens is 3. The van der Waals surface area contributed by atoms with Gasteiger partial charge in [-0.3, -0.25) is 14.3 Å². The van der Waals surface area contributed by atoms with Crippen molar-refractivity contribution in [1.82, 2.24) is 20.3 Å². The van der Waals surface area contributed by atoms with E-state index in [2.05, 4.69) is 15.6 Å². The highest BCUT2D eigenvalue weighted by molar-refractivity contribution is 5.75. The average Bonchev–Trinajstić information content (AvgIpc) is 3.08. The second-order valence-electron chi connectivity index (χ2n) is 6.04. The largest absolute Gasteiger partial charge is 0.481 e. The molecule has 10 nitrogen and oxygen atoms in total. The van der Waals surface area contributed by atoms with Gasteiger partial charge < -0.3 is 25.6 Å². The van der Waals surface area contributed by atoms with Gasteiger partial charge in [-0.05, 0) is 25.7 Å². The van der Waals surface area contributed by atoms with Crippen LogP contribution in [0.3, 0.4) is 0 Å². The Labute approximate surface area is 159 Å². The van der Waals surface area contributed by atoms with Crippen LogP contribution < -0.4 is 11.1 Å². The molecule has 0 radical (unpaired) electrons. The predicted molar refractivity (Wildman–Crippen MR) is 98.1 cm³/mol. The van der Waals surface area contributed by atoms with Crippen LogP contribution in [0.5, 0.6) is 0 Å². The van der Waals surface area contributed by atoms with Crippen molar-refractivity contribution in [2.24, 2.45) is 5.73 Å². The van der Waals surface area contributed by atoms with Crippen LogP contribution in [0.1, 0.15) is 37.8 Å². The number of nitrogens with one attached hydrogen (secondary N) is 1. The highest BCUT2D eigenvalue weighted by Gasteiger charge is 2.04. The zero-order valence-corrected chi connectivity index (χ0v) is 15.8. The molecule has 0 aromatic carbocycles. The van der Waals surface area contributed by atoms with E-state index >= 15 is 0 Å². The van der Waals surface area contributed by atoms with E-state index in [0.29, 0.717) is 65.3 Å². The molecule has 1 amide bonds. The van der Waals surface area contributed by atoms with Gasteiger partial charge in [-0.15, -0.1) is 5.10 Å². The van der Waals surface area contributed by atoms with Gasteiger partial charge >= 0.3 is 5.97 Å². The highest BCUT2D eigenvalue weighted by atomic mass is 16.5. The molecule has 10 heteroatoms. The van der Waals surface area contributed by atoms with Crippen molar-refractivity contribution in [2.75, 3.05) is 39.5 Å². The van der Waals surface area contributed by atoms with Crippen LogP contribution >= 0.6 is 0 Å². The summed E-state index contributed by atoms with van der Waals surface area (Å²) in [6.45, 7) is 3.66. The fraction of sp³-hybridized carbons (Fsp3) is 0.765. The summed E-state index contributed by atoms with van der Waals surface area (Å²) in [6, 6.07) is 0. The molecule has 4 N–H and O–H groups in total. The molecule has 0 unspecified atom stereocenters. The molecule has 0 saturated carbocycles. The molecule has 1 heterocycles. The van der Waals surface area contributed by atoms with Gasteiger partial charge in [0.05, 0.1) is 32.1 Å². The van der Waals surface area contributed by atoms with Crippen molar-refractivity contribution < 1.29 is 24.2 Å². The summed E-state index contributed by atoms with van der Waals surface area (Å²) < 4.78 is 12.2. The third-order valence-electron chi connectivity index (χ3n) is 3.65. The van der Waals surface area contributed by atoms with Gasteiger partial charge in [0.25, 0.3) is 0 Å². The third kappa shape index (κ3) is 12.9. The Morgan fingerprint density at radius 1 is 1.11 bits per heavy atom. The Kier molecular flexibility index (Phi) is 12.8. The lowest BCUT2D eigenvalue weighted by atomic mass is 10.2. The second kappa shape index (κ2) is 15.1. The van der Waals surface area contributed by atoms with Gasteiger partial charge in [-0.1, -0.05) is 5.21 Å². The first-order chi connectivity index (χ1) is 13.1. The van der Waals surface area contributed by atoms with E-state index in [-0.39, 0.29) is 12.3 Å². The molecular weight excluding hydrogens is 354 g/mol. The van der Waals surface area contributed by atoms with Gasteiger partial charge in [0.15, 0.2) is 0 Å². The lowest BCUT2D eigenvalue weighted by Gasteiger charge is -2.07. The van der Waals surface area contributed by atoms with Gasteiger partial charge in [0, 0.05) is 38.7 Å². The lowest BCUT2D eigenvalue weighted by molar-refractivity contribution is -0.137. The Balaban J connectivity index is 1.97. The van der Waals surface area contributed by atoms with E-state index in [4.69, 9.17) is 20.3 Å². The summed E-state index contributed by atoms with van der Waals surface area (Å²) in [5.41, 5.74) is 6.09. The van der Waals surface area contributed by atoms with E-state index in [1.165, 1.54) is 0 Å². The van der Waals surface area contributed by atoms with Crippen molar-refractivity contribution >= 4 is 11.9 Å². The molecule has 0 saturated heterocycles. The first kappa shape index (κ1) is 23.0. The molecule has 1 aromatic heterocycles. The number of hydrogen-bond donors (Lipinski definition) is 3. The minimum atomic E-state index is -0.802. The number of carbonyl (C=O) groups is 2. The first-order valence-electron chi connectivity index (χ1n) is 9.35. The molecule has 0 aliphatic rings. The molecular formula is C17H31N5O5. The SMILES string of the molecule is NCCOCCOCCNC(=O)CCCCn1cc(CCCC(=O)O)nn1. The second-order valence-corrected chi connectivity index (χ2v) is 6.04. The number of amides is 1. The maximum atomic E-state index is 11.7. The third-order valence-corrected chi connectivity index (χ3v) is 3.65. The molecule has 0 aliphatic carbocycles. The van der Waals surface area contributed by atoms with Crippen molar-refractivity contribution in [3.8, 4) is 0 Å². The summed E-state index contributed by atoms with van der Waals surface area (Å²) in [6.07, 6.45) is 5.16. The van der Waals surface area contributed by atoms with Gasteiger partial charge in [0.2, 0.25) is 5.91 Å². The highest BCUT2D eigenvalue weighted by Crippen LogP contribution is 2.03. The Hall–Kier alpha value is -2.04. The van der Waals surface area contributed by atoms with Crippen LogP contribution in [-0.2, 0) is 32.0 Å². The number of carboxylic acid groups (broad SMARTS) is 1. The Bertz CT molecular complexity index is 538. The van der Waals surface area contributed by atoms with Crippen LogP contribution in [0.15, 0.2) is 6.20 Å². The summed E-state index contributed by atoms with van der Waals surface area (Å²) in [5.74, 6) is -0.797. The summed E-state index contributed by atoms with van der Waals surface area (Å²) in [4.78, 5) is 22.2. The van der Waals surface area contributed by atoms with Crippen molar-refractivity contribution in [3.05, 3.63) is 11.9 Å². The summed E-state index contributed by atoms with van der Waals surface area (Å²) in [7, 11) is 0. The van der Waals surface area contributed by atoms with E-state index < -0.39 is 5.97 Å². The fourth-order valence-electron chi connectivity index (χ4n) is 2.30. The molecule has 0 aliphatic heterocycles. The predicted octanol–water partition coefficient (Wildman–Crippen LogP) is -0.0362. The molecule has 1 aromatic rings. The van der Waals surface area contributed by atoms with Crippen molar-refractivity contribution in [2.45, 2.75) is 45.1 Å². The van der Waals surface area contributed by atoms with E-state index in [9.17, 15) is 9.59 Å².